The van der Waals surface area contributed by atoms with Gasteiger partial charge in [-0.1, -0.05) is 18.2 Å². The number of ketones is 1. The molecule has 2 aromatic rings. The molecule has 0 saturated carbocycles. The summed E-state index contributed by atoms with van der Waals surface area (Å²) >= 11 is 0. The van der Waals surface area contributed by atoms with Crippen LogP contribution in [0.2, 0.25) is 0 Å². The number of Topliss-reactive ketones (excluding diaryl/α,β-unsaturated/α-hetero) is 1. The lowest BCUT2D eigenvalue weighted by Crippen LogP contribution is -2.04. The molecule has 0 amide bonds. The van der Waals surface area contributed by atoms with Crippen molar-refractivity contribution in [1.82, 2.24) is 20.2 Å². The van der Waals surface area contributed by atoms with Crippen LogP contribution in [-0.2, 0) is 23.0 Å². The van der Waals surface area contributed by atoms with Crippen LogP contribution in [0.3, 0.4) is 0 Å². The van der Waals surface area contributed by atoms with Gasteiger partial charge < -0.3 is 4.74 Å². The summed E-state index contributed by atoms with van der Waals surface area (Å²) in [5, 5.41) is 11.5. The number of carbonyl (C=O) groups is 1. The monoisotopic (exact) mass is 274 g/mol. The lowest BCUT2D eigenvalue weighted by atomic mass is 10.1. The number of nitrogens with zero attached hydrogens (tertiary/aromatic N) is 4. The Hall–Kier alpha value is -2.08. The average molecular weight is 274 g/mol. The van der Waals surface area contributed by atoms with Gasteiger partial charge in [-0.05, 0) is 35.4 Å². The lowest BCUT2D eigenvalue weighted by molar-refractivity contribution is -0.118. The summed E-state index contributed by atoms with van der Waals surface area (Å²) in [6, 6.07) is 8.06. The zero-order valence-electron chi connectivity index (χ0n) is 11.7. The SMILES string of the molecule is CC(=O)CCOCCc1cccc(-c2nnnn2C)c1. The van der Waals surface area contributed by atoms with Crippen molar-refractivity contribution < 1.29 is 9.53 Å². The molecule has 106 valence electrons. The summed E-state index contributed by atoms with van der Waals surface area (Å²) in [7, 11) is 1.81. The number of hydrogen-bond acceptors (Lipinski definition) is 5. The summed E-state index contributed by atoms with van der Waals surface area (Å²) in [6.45, 7) is 2.66. The Labute approximate surface area is 117 Å². The van der Waals surface area contributed by atoms with Crippen LogP contribution in [0.25, 0.3) is 11.4 Å². The molecule has 20 heavy (non-hydrogen) atoms. The van der Waals surface area contributed by atoms with Crippen LogP contribution in [0.4, 0.5) is 0 Å². The summed E-state index contributed by atoms with van der Waals surface area (Å²) < 4.78 is 7.08. The minimum Gasteiger partial charge on any atom is -0.381 e. The molecule has 0 saturated heterocycles. The minimum atomic E-state index is 0.154. The van der Waals surface area contributed by atoms with Gasteiger partial charge in [0, 0.05) is 19.0 Å². The fourth-order valence-electron chi connectivity index (χ4n) is 1.85. The van der Waals surface area contributed by atoms with Crippen molar-refractivity contribution >= 4 is 5.78 Å². The third-order valence-corrected chi connectivity index (χ3v) is 2.94. The number of ether oxygens (including phenoxy) is 1. The van der Waals surface area contributed by atoms with Crippen molar-refractivity contribution in [1.29, 1.82) is 0 Å². The second kappa shape index (κ2) is 6.91. The molecule has 0 N–H and O–H groups in total. The molecule has 0 radical (unpaired) electrons. The molecular formula is C14H18N4O2. The zero-order valence-corrected chi connectivity index (χ0v) is 11.7. The molecule has 2 rings (SSSR count). The summed E-state index contributed by atoms with van der Waals surface area (Å²) in [5.74, 6) is 0.895. The Kier molecular flexibility index (Phi) is 4.95. The topological polar surface area (TPSA) is 69.9 Å². The quantitative estimate of drug-likeness (QED) is 0.714. The second-order valence-corrected chi connectivity index (χ2v) is 4.64. The molecule has 0 spiro atoms. The predicted octanol–water partition coefficient (Wildman–Crippen LogP) is 1.42. The Bertz CT molecular complexity index is 580. The predicted molar refractivity (Wildman–Crippen MR) is 74.1 cm³/mol. The van der Waals surface area contributed by atoms with Gasteiger partial charge in [-0.3, -0.25) is 4.79 Å². The fourth-order valence-corrected chi connectivity index (χ4v) is 1.85. The molecule has 0 bridgehead atoms. The first kappa shape index (κ1) is 14.3. The Morgan fingerprint density at radius 2 is 2.20 bits per heavy atom. The van der Waals surface area contributed by atoms with E-state index in [-0.39, 0.29) is 5.78 Å². The molecule has 0 atom stereocenters. The van der Waals surface area contributed by atoms with Gasteiger partial charge in [-0.15, -0.1) is 5.10 Å². The minimum absolute atomic E-state index is 0.154. The molecule has 0 aliphatic heterocycles. The normalized spacial score (nSPS) is 10.7. The maximum Gasteiger partial charge on any atom is 0.181 e. The van der Waals surface area contributed by atoms with E-state index in [4.69, 9.17) is 4.74 Å². The van der Waals surface area contributed by atoms with E-state index in [9.17, 15) is 4.79 Å². The average Bonchev–Trinajstić information content (AvgIpc) is 2.85. The van der Waals surface area contributed by atoms with Crippen molar-refractivity contribution in [2.45, 2.75) is 19.8 Å². The number of benzene rings is 1. The highest BCUT2D eigenvalue weighted by Gasteiger charge is 2.06. The van der Waals surface area contributed by atoms with E-state index in [1.54, 1.807) is 11.6 Å². The fraction of sp³-hybridized carbons (Fsp3) is 0.429. The third-order valence-electron chi connectivity index (χ3n) is 2.94. The standard InChI is InChI=1S/C14H18N4O2/c1-11(19)6-8-20-9-7-12-4-3-5-13(10-12)14-15-16-17-18(14)2/h3-5,10H,6-9H2,1-2H3. The van der Waals surface area contributed by atoms with E-state index in [2.05, 4.69) is 21.6 Å². The van der Waals surface area contributed by atoms with Crippen molar-refractivity contribution in [3.8, 4) is 11.4 Å². The van der Waals surface area contributed by atoms with Crippen LogP contribution < -0.4 is 0 Å². The van der Waals surface area contributed by atoms with Gasteiger partial charge in [-0.2, -0.15) is 0 Å². The lowest BCUT2D eigenvalue weighted by Gasteiger charge is -2.05. The summed E-state index contributed by atoms with van der Waals surface area (Å²) in [4.78, 5) is 10.8. The van der Waals surface area contributed by atoms with E-state index < -0.39 is 0 Å². The van der Waals surface area contributed by atoms with Crippen LogP contribution in [-0.4, -0.2) is 39.2 Å². The first-order valence-electron chi connectivity index (χ1n) is 6.55. The maximum atomic E-state index is 10.8. The van der Waals surface area contributed by atoms with Gasteiger partial charge in [-0.25, -0.2) is 4.68 Å². The van der Waals surface area contributed by atoms with Gasteiger partial charge >= 0.3 is 0 Å². The number of hydrogen-bond donors (Lipinski definition) is 0. The van der Waals surface area contributed by atoms with Crippen molar-refractivity contribution in [2.24, 2.45) is 7.05 Å². The van der Waals surface area contributed by atoms with Gasteiger partial charge in [0.05, 0.1) is 13.2 Å². The highest BCUT2D eigenvalue weighted by Crippen LogP contribution is 2.16. The Morgan fingerprint density at radius 1 is 1.35 bits per heavy atom. The molecule has 1 aromatic carbocycles. The molecule has 0 unspecified atom stereocenters. The Morgan fingerprint density at radius 3 is 2.90 bits per heavy atom. The Balaban J connectivity index is 1.90. The highest BCUT2D eigenvalue weighted by molar-refractivity contribution is 5.75. The van der Waals surface area contributed by atoms with Crippen LogP contribution in [0.15, 0.2) is 24.3 Å². The molecule has 6 nitrogen and oxygen atoms in total. The van der Waals surface area contributed by atoms with Crippen LogP contribution in [0.5, 0.6) is 0 Å². The van der Waals surface area contributed by atoms with E-state index in [1.807, 2.05) is 25.2 Å². The maximum absolute atomic E-state index is 10.8. The number of aryl methyl sites for hydroxylation is 1. The molecule has 6 heteroatoms. The van der Waals surface area contributed by atoms with Crippen molar-refractivity contribution in [3.63, 3.8) is 0 Å². The summed E-state index contributed by atoms with van der Waals surface area (Å²) in [5.41, 5.74) is 2.15. The van der Waals surface area contributed by atoms with E-state index in [0.717, 1.165) is 23.4 Å². The van der Waals surface area contributed by atoms with Gasteiger partial charge in [0.15, 0.2) is 5.82 Å². The molecule has 0 aliphatic rings. The van der Waals surface area contributed by atoms with Crippen LogP contribution in [0.1, 0.15) is 18.9 Å². The van der Waals surface area contributed by atoms with Crippen molar-refractivity contribution in [3.05, 3.63) is 29.8 Å². The first-order chi connectivity index (χ1) is 9.66. The first-order valence-corrected chi connectivity index (χ1v) is 6.55. The van der Waals surface area contributed by atoms with E-state index in [0.29, 0.717) is 19.6 Å². The number of rotatable bonds is 7. The highest BCUT2D eigenvalue weighted by atomic mass is 16.5. The molecule has 1 aromatic heterocycles. The van der Waals surface area contributed by atoms with Crippen molar-refractivity contribution in [2.75, 3.05) is 13.2 Å². The number of tetrazole rings is 1. The second-order valence-electron chi connectivity index (χ2n) is 4.64. The smallest absolute Gasteiger partial charge is 0.181 e. The van der Waals surface area contributed by atoms with E-state index in [1.165, 1.54) is 0 Å². The molecule has 1 heterocycles. The van der Waals surface area contributed by atoms with Gasteiger partial charge in [0.2, 0.25) is 0 Å². The molecule has 0 aliphatic carbocycles. The largest absolute Gasteiger partial charge is 0.381 e. The number of aromatic nitrogens is 4. The van der Waals surface area contributed by atoms with Crippen LogP contribution in [0, 0.1) is 0 Å². The van der Waals surface area contributed by atoms with Gasteiger partial charge in [0.1, 0.15) is 5.78 Å². The van der Waals surface area contributed by atoms with Gasteiger partial charge in [0.25, 0.3) is 0 Å². The van der Waals surface area contributed by atoms with E-state index >= 15 is 0 Å². The zero-order chi connectivity index (χ0) is 14.4. The van der Waals surface area contributed by atoms with Crippen LogP contribution >= 0.6 is 0 Å². The molecule has 0 fully saturated rings. The third kappa shape index (κ3) is 3.96. The summed E-state index contributed by atoms with van der Waals surface area (Å²) in [6.07, 6.45) is 1.28. The molecular weight excluding hydrogens is 256 g/mol. The number of carbonyl (C=O) groups excluding carboxylic acids is 1.